The molecule has 1 heterocycles. The van der Waals surface area contributed by atoms with Gasteiger partial charge in [-0.1, -0.05) is 12.2 Å². The molecule has 2 heteroatoms. The highest BCUT2D eigenvalue weighted by Gasteiger charge is 2.27. The first-order valence-electron chi connectivity index (χ1n) is 5.95. The van der Waals surface area contributed by atoms with Crippen LogP contribution in [0.1, 0.15) is 38.5 Å². The molecule has 80 valence electrons. The second kappa shape index (κ2) is 4.94. The molecule has 2 aliphatic rings. The normalized spacial score (nSPS) is 35.5. The molecule has 14 heavy (non-hydrogen) atoms. The molecule has 1 aliphatic carbocycles. The maximum atomic E-state index is 10.1. The Balaban J connectivity index is 1.95. The molecule has 2 rings (SSSR count). The molecule has 0 bridgehead atoms. The summed E-state index contributed by atoms with van der Waals surface area (Å²) in [6.07, 6.45) is 11.3. The van der Waals surface area contributed by atoms with Crippen LogP contribution >= 0.6 is 0 Å². The van der Waals surface area contributed by atoms with E-state index in [2.05, 4.69) is 17.1 Å². The van der Waals surface area contributed by atoms with Crippen LogP contribution < -0.4 is 0 Å². The van der Waals surface area contributed by atoms with Gasteiger partial charge in [-0.25, -0.2) is 0 Å². The lowest BCUT2D eigenvalue weighted by atomic mass is 9.97. The van der Waals surface area contributed by atoms with E-state index < -0.39 is 0 Å². The molecule has 1 N–H and O–H groups in total. The van der Waals surface area contributed by atoms with Crippen LogP contribution in [0.3, 0.4) is 0 Å². The Morgan fingerprint density at radius 1 is 1.00 bits per heavy atom. The Bertz CT molecular complexity index is 196. The second-order valence-corrected chi connectivity index (χ2v) is 4.50. The van der Waals surface area contributed by atoms with Crippen LogP contribution in [0.2, 0.25) is 0 Å². The van der Waals surface area contributed by atoms with E-state index in [9.17, 15) is 5.11 Å². The smallest absolute Gasteiger partial charge is 0.0698 e. The van der Waals surface area contributed by atoms with Gasteiger partial charge in [-0.2, -0.15) is 0 Å². The largest absolute Gasteiger partial charge is 0.391 e. The molecule has 2 atom stereocenters. The van der Waals surface area contributed by atoms with Gasteiger partial charge in [0.05, 0.1) is 6.10 Å². The summed E-state index contributed by atoms with van der Waals surface area (Å²) in [5.74, 6) is 0. The third-order valence-electron chi connectivity index (χ3n) is 3.48. The number of hydrogen-bond donors (Lipinski definition) is 1. The Hall–Kier alpha value is -0.340. The fourth-order valence-electron chi connectivity index (χ4n) is 2.65. The number of hydrogen-bond acceptors (Lipinski definition) is 2. The Labute approximate surface area is 86.6 Å². The standard InChI is InChI=1S/C12H21NO/c14-12-8-4-2-1-3-7-11(12)13-9-5-6-10-13/h1-2,11-12,14H,3-10H2/t11-,12-/m1/s1. The number of aliphatic hydroxyl groups is 1. The van der Waals surface area contributed by atoms with Crippen molar-refractivity contribution in [3.05, 3.63) is 12.2 Å². The van der Waals surface area contributed by atoms with E-state index in [0.717, 1.165) is 25.7 Å². The van der Waals surface area contributed by atoms with Gasteiger partial charge in [0.2, 0.25) is 0 Å². The summed E-state index contributed by atoms with van der Waals surface area (Å²) in [6, 6.07) is 0.433. The van der Waals surface area contributed by atoms with Crippen molar-refractivity contribution >= 4 is 0 Å². The van der Waals surface area contributed by atoms with Crippen LogP contribution in [0.15, 0.2) is 12.2 Å². The topological polar surface area (TPSA) is 23.5 Å². The highest BCUT2D eigenvalue weighted by atomic mass is 16.3. The van der Waals surface area contributed by atoms with Crippen molar-refractivity contribution in [2.75, 3.05) is 13.1 Å². The van der Waals surface area contributed by atoms with Crippen molar-refractivity contribution in [3.8, 4) is 0 Å². The van der Waals surface area contributed by atoms with Crippen molar-refractivity contribution in [3.63, 3.8) is 0 Å². The zero-order valence-corrected chi connectivity index (χ0v) is 8.86. The van der Waals surface area contributed by atoms with Crippen LogP contribution in [0.4, 0.5) is 0 Å². The van der Waals surface area contributed by atoms with Gasteiger partial charge in [0.1, 0.15) is 0 Å². The molecule has 0 aromatic heterocycles. The summed E-state index contributed by atoms with van der Waals surface area (Å²) in [5.41, 5.74) is 0. The lowest BCUT2D eigenvalue weighted by Crippen LogP contribution is -2.42. The highest BCUT2D eigenvalue weighted by Crippen LogP contribution is 2.22. The Kier molecular flexibility index (Phi) is 3.60. The lowest BCUT2D eigenvalue weighted by Gasteiger charge is -2.32. The molecule has 1 saturated heterocycles. The minimum atomic E-state index is -0.0990. The van der Waals surface area contributed by atoms with E-state index >= 15 is 0 Å². The van der Waals surface area contributed by atoms with Gasteiger partial charge in [-0.3, -0.25) is 4.90 Å². The summed E-state index contributed by atoms with van der Waals surface area (Å²) in [4.78, 5) is 2.49. The van der Waals surface area contributed by atoms with Crippen LogP contribution in [0.25, 0.3) is 0 Å². The van der Waals surface area contributed by atoms with E-state index in [1.807, 2.05) is 0 Å². The Morgan fingerprint density at radius 2 is 1.64 bits per heavy atom. The van der Waals surface area contributed by atoms with Crippen molar-refractivity contribution in [1.29, 1.82) is 0 Å². The van der Waals surface area contributed by atoms with E-state index in [4.69, 9.17) is 0 Å². The van der Waals surface area contributed by atoms with Crippen molar-refractivity contribution < 1.29 is 5.11 Å². The molecule has 0 radical (unpaired) electrons. The van der Waals surface area contributed by atoms with Crippen LogP contribution in [0, 0.1) is 0 Å². The third kappa shape index (κ3) is 2.37. The van der Waals surface area contributed by atoms with Gasteiger partial charge < -0.3 is 5.11 Å². The monoisotopic (exact) mass is 195 g/mol. The number of likely N-dealkylation sites (tertiary alicyclic amines) is 1. The fourth-order valence-corrected chi connectivity index (χ4v) is 2.65. The molecule has 1 fully saturated rings. The average molecular weight is 195 g/mol. The molecule has 0 aromatic rings. The minimum Gasteiger partial charge on any atom is -0.391 e. The third-order valence-corrected chi connectivity index (χ3v) is 3.48. The molecular weight excluding hydrogens is 174 g/mol. The van der Waals surface area contributed by atoms with E-state index in [0.29, 0.717) is 6.04 Å². The summed E-state index contributed by atoms with van der Waals surface area (Å²) >= 11 is 0. The van der Waals surface area contributed by atoms with Gasteiger partial charge in [-0.15, -0.1) is 0 Å². The van der Waals surface area contributed by atoms with Crippen LogP contribution in [0.5, 0.6) is 0 Å². The van der Waals surface area contributed by atoms with Gasteiger partial charge in [0.25, 0.3) is 0 Å². The molecular formula is C12H21NO. The number of nitrogens with zero attached hydrogens (tertiary/aromatic N) is 1. The Morgan fingerprint density at radius 3 is 2.36 bits per heavy atom. The maximum Gasteiger partial charge on any atom is 0.0698 e. The molecule has 1 aliphatic heterocycles. The summed E-state index contributed by atoms with van der Waals surface area (Å²) in [6.45, 7) is 2.40. The summed E-state index contributed by atoms with van der Waals surface area (Å²) in [5, 5.41) is 10.1. The first-order chi connectivity index (χ1) is 6.88. The van der Waals surface area contributed by atoms with Gasteiger partial charge in [0, 0.05) is 6.04 Å². The molecule has 0 unspecified atom stereocenters. The molecule has 0 spiro atoms. The van der Waals surface area contributed by atoms with Crippen molar-refractivity contribution in [2.45, 2.75) is 50.7 Å². The maximum absolute atomic E-state index is 10.1. The number of allylic oxidation sites excluding steroid dienone is 2. The molecule has 0 aromatic carbocycles. The van der Waals surface area contributed by atoms with E-state index in [1.165, 1.54) is 25.9 Å². The van der Waals surface area contributed by atoms with Crippen molar-refractivity contribution in [1.82, 2.24) is 4.90 Å². The van der Waals surface area contributed by atoms with Crippen molar-refractivity contribution in [2.24, 2.45) is 0 Å². The SMILES string of the molecule is O[C@@H]1CCC=CCC[C@H]1N1CCCC1. The van der Waals surface area contributed by atoms with E-state index in [-0.39, 0.29) is 6.10 Å². The zero-order valence-electron chi connectivity index (χ0n) is 8.86. The van der Waals surface area contributed by atoms with Gasteiger partial charge in [0.15, 0.2) is 0 Å². The quantitative estimate of drug-likeness (QED) is 0.646. The van der Waals surface area contributed by atoms with Gasteiger partial charge >= 0.3 is 0 Å². The van der Waals surface area contributed by atoms with E-state index in [1.54, 1.807) is 0 Å². The van der Waals surface area contributed by atoms with Gasteiger partial charge in [-0.05, 0) is 51.6 Å². The lowest BCUT2D eigenvalue weighted by molar-refractivity contribution is 0.0510. The second-order valence-electron chi connectivity index (χ2n) is 4.50. The zero-order chi connectivity index (χ0) is 9.80. The number of aliphatic hydroxyl groups excluding tert-OH is 1. The summed E-state index contributed by atoms with van der Waals surface area (Å²) in [7, 11) is 0. The minimum absolute atomic E-state index is 0.0990. The molecule has 0 saturated carbocycles. The molecule has 0 amide bonds. The molecule has 2 nitrogen and oxygen atoms in total. The highest BCUT2D eigenvalue weighted by molar-refractivity contribution is 4.92. The predicted octanol–water partition coefficient (Wildman–Crippen LogP) is 1.94. The fraction of sp³-hybridized carbons (Fsp3) is 0.833. The average Bonchev–Trinajstić information content (AvgIpc) is 2.65. The predicted molar refractivity (Wildman–Crippen MR) is 58.2 cm³/mol. The summed E-state index contributed by atoms with van der Waals surface area (Å²) < 4.78 is 0. The number of rotatable bonds is 1. The first kappa shape index (κ1) is 10.2. The van der Waals surface area contributed by atoms with Crippen LogP contribution in [-0.2, 0) is 0 Å². The first-order valence-corrected chi connectivity index (χ1v) is 5.95. The van der Waals surface area contributed by atoms with Crippen LogP contribution in [-0.4, -0.2) is 35.2 Å².